The average Bonchev–Trinajstić information content (AvgIpc) is 3.76. The molecular formula is C35H39ClN8. The van der Waals surface area contributed by atoms with Crippen LogP contribution in [0.5, 0.6) is 0 Å². The molecule has 0 radical (unpaired) electrons. The van der Waals surface area contributed by atoms with Gasteiger partial charge in [0.25, 0.3) is 0 Å². The molecule has 0 aliphatic carbocycles. The lowest BCUT2D eigenvalue weighted by molar-refractivity contribution is 0.243. The molecule has 4 aromatic rings. The second-order valence-electron chi connectivity index (χ2n) is 11.3. The lowest BCUT2D eigenvalue weighted by Gasteiger charge is -2.23. The van der Waals surface area contributed by atoms with E-state index in [1.807, 2.05) is 24.4 Å². The number of benzene rings is 2. The van der Waals surface area contributed by atoms with Gasteiger partial charge in [-0.15, -0.1) is 12.0 Å². The normalized spacial score (nSPS) is 16.3. The summed E-state index contributed by atoms with van der Waals surface area (Å²) in [6.45, 7) is 6.62. The number of halogens is 1. The van der Waals surface area contributed by atoms with Crippen LogP contribution in [0.4, 0.5) is 11.4 Å². The van der Waals surface area contributed by atoms with Gasteiger partial charge in [0, 0.05) is 42.4 Å². The van der Waals surface area contributed by atoms with Crippen LogP contribution < -0.4 is 21.6 Å². The molecule has 2 aromatic carbocycles. The number of pyridine rings is 2. The van der Waals surface area contributed by atoms with E-state index in [9.17, 15) is 0 Å². The molecule has 6 rings (SSSR count). The van der Waals surface area contributed by atoms with E-state index >= 15 is 0 Å². The Morgan fingerprint density at radius 3 is 2.59 bits per heavy atom. The Kier molecular flexibility index (Phi) is 9.47. The topological polar surface area (TPSA) is 80.4 Å². The number of hydrogen-bond donors (Lipinski definition) is 4. The van der Waals surface area contributed by atoms with Crippen LogP contribution in [0.3, 0.4) is 0 Å². The molecule has 2 atom stereocenters. The zero-order valence-corrected chi connectivity index (χ0v) is 25.8. The summed E-state index contributed by atoms with van der Waals surface area (Å²) in [5.74, 6) is 2.83. The first kappa shape index (κ1) is 29.8. The van der Waals surface area contributed by atoms with Gasteiger partial charge >= 0.3 is 0 Å². The second-order valence-corrected chi connectivity index (χ2v) is 11.7. The van der Waals surface area contributed by atoms with E-state index in [-0.39, 0.29) is 12.1 Å². The first-order valence-electron chi connectivity index (χ1n) is 15.4. The molecule has 4 heterocycles. The number of hydrazine groups is 2. The summed E-state index contributed by atoms with van der Waals surface area (Å²) in [7, 11) is 0. The summed E-state index contributed by atoms with van der Waals surface area (Å²) < 4.78 is 0. The molecule has 0 spiro atoms. The van der Waals surface area contributed by atoms with Crippen LogP contribution in [-0.2, 0) is 0 Å². The quantitative estimate of drug-likeness (QED) is 0.134. The SMILES string of the molecule is C#Cc1cnc2c(Cl)cc(N[C@H](C3=CN(CCCN4CCCC4)NN3)c3cccnc3)cc2c1N[C@H](CC)c1ccccc1. The Balaban J connectivity index is 1.30. The number of hydrogen-bond acceptors (Lipinski definition) is 8. The van der Waals surface area contributed by atoms with Crippen molar-refractivity contribution in [2.75, 3.05) is 36.8 Å². The summed E-state index contributed by atoms with van der Waals surface area (Å²) in [4.78, 5) is 11.6. The molecule has 1 fully saturated rings. The van der Waals surface area contributed by atoms with E-state index in [0.29, 0.717) is 16.1 Å². The molecule has 4 N–H and O–H groups in total. The zero-order valence-electron chi connectivity index (χ0n) is 25.1. The number of nitrogens with one attached hydrogen (secondary N) is 4. The molecule has 1 saturated heterocycles. The van der Waals surface area contributed by atoms with E-state index in [4.69, 9.17) is 18.0 Å². The smallest absolute Gasteiger partial charge is 0.0959 e. The first-order valence-corrected chi connectivity index (χ1v) is 15.8. The highest BCUT2D eigenvalue weighted by atomic mass is 35.5. The van der Waals surface area contributed by atoms with Gasteiger partial charge in [0.1, 0.15) is 0 Å². The Bertz CT molecular complexity index is 1630. The third kappa shape index (κ3) is 6.76. The lowest BCUT2D eigenvalue weighted by atomic mass is 10.0. The van der Waals surface area contributed by atoms with Gasteiger partial charge in [0.05, 0.1) is 39.6 Å². The Labute approximate surface area is 264 Å². The minimum atomic E-state index is -0.207. The van der Waals surface area contributed by atoms with Crippen LogP contribution in [-0.4, -0.2) is 46.1 Å². The van der Waals surface area contributed by atoms with Gasteiger partial charge in [-0.3, -0.25) is 15.0 Å². The van der Waals surface area contributed by atoms with Crippen molar-refractivity contribution in [3.8, 4) is 12.3 Å². The monoisotopic (exact) mass is 606 g/mol. The summed E-state index contributed by atoms with van der Waals surface area (Å²) in [5, 5.41) is 11.0. The number of anilines is 2. The lowest BCUT2D eigenvalue weighted by Crippen LogP contribution is -2.38. The van der Waals surface area contributed by atoms with Crippen LogP contribution >= 0.6 is 11.6 Å². The highest BCUT2D eigenvalue weighted by Gasteiger charge is 2.24. The summed E-state index contributed by atoms with van der Waals surface area (Å²) in [6.07, 6.45) is 18.1. The molecule has 8 nitrogen and oxygen atoms in total. The molecule has 0 saturated carbocycles. The van der Waals surface area contributed by atoms with E-state index < -0.39 is 0 Å². The van der Waals surface area contributed by atoms with E-state index in [1.54, 1.807) is 12.4 Å². The number of aromatic nitrogens is 2. The fourth-order valence-electron chi connectivity index (χ4n) is 6.05. The van der Waals surface area contributed by atoms with Crippen LogP contribution in [0.25, 0.3) is 10.9 Å². The molecule has 2 aliphatic heterocycles. The van der Waals surface area contributed by atoms with Crippen molar-refractivity contribution in [3.63, 3.8) is 0 Å². The van der Waals surface area contributed by atoms with Crippen molar-refractivity contribution < 1.29 is 0 Å². The van der Waals surface area contributed by atoms with Gasteiger partial charge in [-0.1, -0.05) is 60.8 Å². The average molecular weight is 607 g/mol. The third-order valence-electron chi connectivity index (χ3n) is 8.36. The van der Waals surface area contributed by atoms with Gasteiger partial charge < -0.3 is 21.0 Å². The van der Waals surface area contributed by atoms with Crippen LogP contribution in [0.1, 0.15) is 61.4 Å². The molecule has 2 aliphatic rings. The van der Waals surface area contributed by atoms with Crippen LogP contribution in [0.15, 0.2) is 85.1 Å². The van der Waals surface area contributed by atoms with Crippen LogP contribution in [0, 0.1) is 12.3 Å². The van der Waals surface area contributed by atoms with Gasteiger partial charge in [0.2, 0.25) is 0 Å². The maximum Gasteiger partial charge on any atom is 0.0959 e. The number of nitrogens with zero attached hydrogens (tertiary/aromatic N) is 4. The number of likely N-dealkylation sites (tertiary alicyclic amines) is 1. The van der Waals surface area contributed by atoms with Gasteiger partial charge in [-0.25, -0.2) is 0 Å². The van der Waals surface area contributed by atoms with E-state index in [0.717, 1.165) is 54.0 Å². The third-order valence-corrected chi connectivity index (χ3v) is 8.65. The molecular weight excluding hydrogens is 568 g/mol. The molecule has 2 aromatic heterocycles. The van der Waals surface area contributed by atoms with Crippen molar-refractivity contribution in [1.29, 1.82) is 0 Å². The van der Waals surface area contributed by atoms with Gasteiger partial charge in [-0.2, -0.15) is 0 Å². The van der Waals surface area contributed by atoms with Gasteiger partial charge in [0.15, 0.2) is 0 Å². The highest BCUT2D eigenvalue weighted by molar-refractivity contribution is 6.35. The molecule has 44 heavy (non-hydrogen) atoms. The maximum atomic E-state index is 6.89. The Morgan fingerprint density at radius 2 is 1.84 bits per heavy atom. The first-order chi connectivity index (χ1) is 21.6. The summed E-state index contributed by atoms with van der Waals surface area (Å²) in [6, 6.07) is 18.3. The van der Waals surface area contributed by atoms with E-state index in [1.165, 1.54) is 31.5 Å². The highest BCUT2D eigenvalue weighted by Crippen LogP contribution is 2.37. The predicted molar refractivity (Wildman–Crippen MR) is 180 cm³/mol. The maximum absolute atomic E-state index is 6.89. The van der Waals surface area contributed by atoms with E-state index in [2.05, 4.69) is 96.9 Å². The Hall–Kier alpha value is -4.29. The number of terminal acetylenes is 1. The molecule has 9 heteroatoms. The fraction of sp³-hybridized carbons (Fsp3) is 0.314. The standard InChI is InChI=1S/C35H39ClN8/c1-3-25-23-38-35-29(33(25)40-31(4-2)26-12-6-5-7-13-26)20-28(21-30(35)36)39-34(27-14-10-15-37-22-27)32-24-44(42-41-32)19-11-18-43-16-8-9-17-43/h1,5-7,10,12-15,20-24,31,34,39,41-42H,4,8-9,11,16-19H2,2H3,(H,38,40)/t31-,34+/m1/s1. The van der Waals surface area contributed by atoms with Crippen molar-refractivity contribution in [2.45, 2.75) is 44.7 Å². The minimum Gasteiger partial charge on any atom is -0.377 e. The summed E-state index contributed by atoms with van der Waals surface area (Å²) in [5.41, 5.74) is 13.0. The van der Waals surface area contributed by atoms with Crippen molar-refractivity contribution >= 4 is 33.9 Å². The summed E-state index contributed by atoms with van der Waals surface area (Å²) >= 11 is 6.89. The zero-order chi connectivity index (χ0) is 30.3. The minimum absolute atomic E-state index is 0.0720. The van der Waals surface area contributed by atoms with Gasteiger partial charge in [-0.05, 0) is 74.6 Å². The number of rotatable bonds is 12. The number of fused-ring (bicyclic) bond motifs is 1. The van der Waals surface area contributed by atoms with Crippen molar-refractivity contribution in [2.24, 2.45) is 0 Å². The fourth-order valence-corrected chi connectivity index (χ4v) is 6.32. The van der Waals surface area contributed by atoms with Crippen molar-refractivity contribution in [3.05, 3.63) is 107 Å². The molecule has 0 unspecified atom stereocenters. The Morgan fingerprint density at radius 1 is 1.02 bits per heavy atom. The second kappa shape index (κ2) is 14.0. The molecule has 0 amide bonds. The van der Waals surface area contributed by atoms with Crippen LogP contribution in [0.2, 0.25) is 5.02 Å². The van der Waals surface area contributed by atoms with Crippen molar-refractivity contribution in [1.82, 2.24) is 30.8 Å². The molecule has 226 valence electrons. The molecule has 0 bridgehead atoms. The largest absolute Gasteiger partial charge is 0.377 e. The predicted octanol–water partition coefficient (Wildman–Crippen LogP) is 6.63.